The van der Waals surface area contributed by atoms with E-state index < -0.39 is 0 Å². The Morgan fingerprint density at radius 2 is 1.82 bits per heavy atom. The van der Waals surface area contributed by atoms with Crippen LogP contribution < -0.4 is 10.3 Å². The summed E-state index contributed by atoms with van der Waals surface area (Å²) in [4.78, 5) is 19.3. The summed E-state index contributed by atoms with van der Waals surface area (Å²) in [6.45, 7) is 6.75. The average molecular weight is 450 g/mol. The van der Waals surface area contributed by atoms with E-state index in [1.165, 1.54) is 5.56 Å². The van der Waals surface area contributed by atoms with Crippen LogP contribution in [0.1, 0.15) is 31.2 Å². The number of rotatable bonds is 11. The Labute approximate surface area is 195 Å². The van der Waals surface area contributed by atoms with Crippen molar-refractivity contribution in [2.24, 2.45) is 0 Å². The van der Waals surface area contributed by atoms with Gasteiger partial charge in [0, 0.05) is 49.7 Å². The molecule has 3 aromatic rings. The molecule has 1 aliphatic heterocycles. The Morgan fingerprint density at radius 1 is 1.00 bits per heavy atom. The lowest BCUT2D eigenvalue weighted by molar-refractivity contribution is 0.0758. The second kappa shape index (κ2) is 12.0. The van der Waals surface area contributed by atoms with E-state index in [1.54, 1.807) is 6.07 Å². The number of piperidine rings is 1. The molecule has 0 bridgehead atoms. The summed E-state index contributed by atoms with van der Waals surface area (Å²) in [5.41, 5.74) is 2.08. The molecule has 0 unspecified atom stereocenters. The predicted molar refractivity (Wildman–Crippen MR) is 133 cm³/mol. The minimum Gasteiger partial charge on any atom is -0.494 e. The molecule has 176 valence electrons. The molecule has 6 nitrogen and oxygen atoms in total. The number of aromatic amines is 1. The molecule has 0 aliphatic carbocycles. The summed E-state index contributed by atoms with van der Waals surface area (Å²) < 4.78 is 5.97. The van der Waals surface area contributed by atoms with Crippen LogP contribution in [0.2, 0.25) is 0 Å². The number of unbranched alkanes of at least 4 members (excludes halogenated alkanes) is 1. The second-order valence-corrected chi connectivity index (χ2v) is 8.96. The summed E-state index contributed by atoms with van der Waals surface area (Å²) in [5.74, 6) is 0.836. The van der Waals surface area contributed by atoms with Crippen molar-refractivity contribution in [3.8, 4) is 5.75 Å². The number of H-pyrrole nitrogens is 1. The highest BCUT2D eigenvalue weighted by molar-refractivity contribution is 5.79. The molecule has 0 radical (unpaired) electrons. The molecule has 2 N–H and O–H groups in total. The molecule has 0 amide bonds. The number of hydrogen-bond donors (Lipinski definition) is 2. The highest BCUT2D eigenvalue weighted by atomic mass is 16.5. The van der Waals surface area contributed by atoms with Gasteiger partial charge in [0.1, 0.15) is 5.75 Å². The van der Waals surface area contributed by atoms with Crippen LogP contribution in [-0.4, -0.2) is 65.3 Å². The van der Waals surface area contributed by atoms with Gasteiger partial charge in [0.25, 0.3) is 0 Å². The number of likely N-dealkylation sites (tertiary alicyclic amines) is 1. The standard InChI is InChI=1S/C27H35N3O3/c31-24-12-15-29(16-13-24)17-18-30(21-22-6-2-1-3-7-22)14-4-5-19-33-25-9-10-26-23(20-25)8-11-27(32)28-26/h1-3,6-11,20,24,31H,4-5,12-19,21H2,(H,28,32). The lowest BCUT2D eigenvalue weighted by Gasteiger charge is -2.32. The molecule has 6 heteroatoms. The molecule has 2 heterocycles. The van der Waals surface area contributed by atoms with Crippen LogP contribution in [-0.2, 0) is 6.54 Å². The van der Waals surface area contributed by atoms with Crippen molar-refractivity contribution < 1.29 is 9.84 Å². The first kappa shape index (κ1) is 23.5. The molecule has 0 saturated carbocycles. The first-order valence-corrected chi connectivity index (χ1v) is 12.1. The minimum absolute atomic E-state index is 0.0888. The number of nitrogens with zero attached hydrogens (tertiary/aromatic N) is 2. The number of aliphatic hydroxyl groups excluding tert-OH is 1. The zero-order valence-electron chi connectivity index (χ0n) is 19.3. The van der Waals surface area contributed by atoms with Crippen LogP contribution in [0.4, 0.5) is 0 Å². The van der Waals surface area contributed by atoms with Gasteiger partial charge in [-0.05, 0) is 62.1 Å². The minimum atomic E-state index is -0.119. The summed E-state index contributed by atoms with van der Waals surface area (Å²) >= 11 is 0. The molecule has 1 saturated heterocycles. The van der Waals surface area contributed by atoms with Crippen LogP contribution in [0.3, 0.4) is 0 Å². The van der Waals surface area contributed by atoms with Gasteiger partial charge in [-0.15, -0.1) is 0 Å². The van der Waals surface area contributed by atoms with Gasteiger partial charge in [0.15, 0.2) is 0 Å². The van der Waals surface area contributed by atoms with Crippen molar-refractivity contribution in [3.63, 3.8) is 0 Å². The third-order valence-corrected chi connectivity index (χ3v) is 6.37. The monoisotopic (exact) mass is 449 g/mol. The topological polar surface area (TPSA) is 68.8 Å². The lowest BCUT2D eigenvalue weighted by atomic mass is 10.1. The highest BCUT2D eigenvalue weighted by Gasteiger charge is 2.17. The summed E-state index contributed by atoms with van der Waals surface area (Å²) in [6, 6.07) is 19.8. The number of fused-ring (bicyclic) bond motifs is 1. The summed E-state index contributed by atoms with van der Waals surface area (Å²) in [6.07, 6.45) is 3.73. The normalized spacial score (nSPS) is 15.3. The maximum atomic E-state index is 11.4. The lowest BCUT2D eigenvalue weighted by Crippen LogP contribution is -2.41. The number of nitrogens with one attached hydrogen (secondary N) is 1. The maximum Gasteiger partial charge on any atom is 0.248 e. The van der Waals surface area contributed by atoms with Gasteiger partial charge >= 0.3 is 0 Å². The molecule has 0 spiro atoms. The molecule has 0 atom stereocenters. The van der Waals surface area contributed by atoms with E-state index in [9.17, 15) is 9.90 Å². The van der Waals surface area contributed by atoms with E-state index in [4.69, 9.17) is 4.74 Å². The fourth-order valence-corrected chi connectivity index (χ4v) is 4.39. The Bertz CT molecular complexity index is 1050. The smallest absolute Gasteiger partial charge is 0.248 e. The SMILES string of the molecule is O=c1ccc2cc(OCCCCN(CCN3CCC(O)CC3)Cc3ccccc3)ccc2[nH]1. The number of aliphatic hydroxyl groups is 1. The molecule has 4 rings (SSSR count). The van der Waals surface area contributed by atoms with E-state index in [0.717, 1.165) is 81.6 Å². The van der Waals surface area contributed by atoms with Crippen LogP contribution >= 0.6 is 0 Å². The average Bonchev–Trinajstić information content (AvgIpc) is 2.84. The molecule has 1 fully saturated rings. The molecule has 1 aliphatic rings. The summed E-state index contributed by atoms with van der Waals surface area (Å²) in [5, 5.41) is 10.7. The second-order valence-electron chi connectivity index (χ2n) is 8.96. The van der Waals surface area contributed by atoms with Crippen LogP contribution in [0, 0.1) is 0 Å². The van der Waals surface area contributed by atoms with Crippen molar-refractivity contribution >= 4 is 10.9 Å². The summed E-state index contributed by atoms with van der Waals surface area (Å²) in [7, 11) is 0. The van der Waals surface area contributed by atoms with Gasteiger partial charge in [0.2, 0.25) is 5.56 Å². The number of ether oxygens (including phenoxy) is 1. The van der Waals surface area contributed by atoms with Gasteiger partial charge in [-0.1, -0.05) is 30.3 Å². The van der Waals surface area contributed by atoms with E-state index in [2.05, 4.69) is 45.1 Å². The van der Waals surface area contributed by atoms with E-state index in [0.29, 0.717) is 6.61 Å². The quantitative estimate of drug-likeness (QED) is 0.438. The van der Waals surface area contributed by atoms with Crippen molar-refractivity contribution in [3.05, 3.63) is 76.6 Å². The van der Waals surface area contributed by atoms with E-state index in [-0.39, 0.29) is 11.7 Å². The fourth-order valence-electron chi connectivity index (χ4n) is 4.39. The Morgan fingerprint density at radius 3 is 2.64 bits per heavy atom. The van der Waals surface area contributed by atoms with Gasteiger partial charge in [-0.25, -0.2) is 0 Å². The number of aromatic nitrogens is 1. The first-order chi connectivity index (χ1) is 16.2. The molecular weight excluding hydrogens is 414 g/mol. The highest BCUT2D eigenvalue weighted by Crippen LogP contribution is 2.18. The number of benzene rings is 2. The third kappa shape index (κ3) is 7.42. The van der Waals surface area contributed by atoms with Crippen LogP contribution in [0.15, 0.2) is 65.5 Å². The zero-order valence-corrected chi connectivity index (χ0v) is 19.3. The van der Waals surface area contributed by atoms with Gasteiger partial charge in [-0.2, -0.15) is 0 Å². The maximum absolute atomic E-state index is 11.4. The third-order valence-electron chi connectivity index (χ3n) is 6.37. The van der Waals surface area contributed by atoms with Crippen LogP contribution in [0.25, 0.3) is 10.9 Å². The number of pyridine rings is 1. The first-order valence-electron chi connectivity index (χ1n) is 12.1. The predicted octanol–water partition coefficient (Wildman–Crippen LogP) is 3.65. The molecule has 1 aromatic heterocycles. The van der Waals surface area contributed by atoms with Crippen LogP contribution in [0.5, 0.6) is 5.75 Å². The van der Waals surface area contributed by atoms with Crippen molar-refractivity contribution in [2.45, 2.75) is 38.3 Å². The Balaban J connectivity index is 1.23. The van der Waals surface area contributed by atoms with E-state index in [1.807, 2.05) is 24.3 Å². The van der Waals surface area contributed by atoms with Crippen molar-refractivity contribution in [1.82, 2.24) is 14.8 Å². The Hall–Kier alpha value is -2.67. The van der Waals surface area contributed by atoms with E-state index >= 15 is 0 Å². The number of hydrogen-bond acceptors (Lipinski definition) is 5. The van der Waals surface area contributed by atoms with Crippen molar-refractivity contribution in [1.29, 1.82) is 0 Å². The van der Waals surface area contributed by atoms with Gasteiger partial charge in [0.05, 0.1) is 12.7 Å². The molecular formula is C27H35N3O3. The fraction of sp³-hybridized carbons (Fsp3) is 0.444. The zero-order chi connectivity index (χ0) is 22.9. The molecule has 33 heavy (non-hydrogen) atoms. The van der Waals surface area contributed by atoms with Crippen molar-refractivity contribution in [2.75, 3.05) is 39.3 Å². The largest absolute Gasteiger partial charge is 0.494 e. The van der Waals surface area contributed by atoms with Gasteiger partial charge < -0.3 is 19.7 Å². The molecule has 2 aromatic carbocycles. The van der Waals surface area contributed by atoms with Gasteiger partial charge in [-0.3, -0.25) is 9.69 Å². The Kier molecular flexibility index (Phi) is 8.53.